The monoisotopic (exact) mass is 451 g/mol. The van der Waals surface area contributed by atoms with Crippen molar-refractivity contribution in [2.75, 3.05) is 46.4 Å². The minimum Gasteiger partial charge on any atom is -0.497 e. The standard InChI is InChI=1S/C23H37N3O4S/c1-18-14-19(2)16-25(15-18)12-5-11-24-23(27)20-6-4-13-26(17-20)31(28,29)22-9-7-21(30-3)8-10-22/h7-10,18-20H,4-6,11-17H2,1-3H3,(H,24,27). The van der Waals surface area contributed by atoms with E-state index in [1.165, 1.54) is 10.7 Å². The van der Waals surface area contributed by atoms with Gasteiger partial charge in [0.15, 0.2) is 0 Å². The summed E-state index contributed by atoms with van der Waals surface area (Å²) in [5, 5.41) is 3.04. The molecule has 1 N–H and O–H groups in total. The van der Waals surface area contributed by atoms with E-state index in [-0.39, 0.29) is 23.3 Å². The first-order valence-corrected chi connectivity index (χ1v) is 12.9. The topological polar surface area (TPSA) is 79.0 Å². The first-order valence-electron chi connectivity index (χ1n) is 11.4. The number of sulfonamides is 1. The van der Waals surface area contributed by atoms with E-state index in [1.54, 1.807) is 31.4 Å². The molecule has 8 heteroatoms. The molecule has 0 saturated carbocycles. The van der Waals surface area contributed by atoms with E-state index < -0.39 is 10.0 Å². The van der Waals surface area contributed by atoms with Gasteiger partial charge >= 0.3 is 0 Å². The third-order valence-electron chi connectivity index (χ3n) is 6.35. The van der Waals surface area contributed by atoms with E-state index in [1.807, 2.05) is 0 Å². The van der Waals surface area contributed by atoms with Gasteiger partial charge in [0, 0.05) is 32.7 Å². The van der Waals surface area contributed by atoms with Crippen LogP contribution in [0.2, 0.25) is 0 Å². The molecule has 174 valence electrons. The molecule has 3 unspecified atom stereocenters. The molecular formula is C23H37N3O4S. The first-order chi connectivity index (χ1) is 14.8. The van der Waals surface area contributed by atoms with Gasteiger partial charge in [-0.15, -0.1) is 0 Å². The van der Waals surface area contributed by atoms with Crippen molar-refractivity contribution in [2.24, 2.45) is 17.8 Å². The van der Waals surface area contributed by atoms with Crippen molar-refractivity contribution >= 4 is 15.9 Å². The van der Waals surface area contributed by atoms with Crippen molar-refractivity contribution in [3.63, 3.8) is 0 Å². The summed E-state index contributed by atoms with van der Waals surface area (Å²) in [5.41, 5.74) is 0. The van der Waals surface area contributed by atoms with Crippen LogP contribution in [0.1, 0.15) is 39.5 Å². The molecule has 1 amide bonds. The Hall–Kier alpha value is -1.64. The number of carbonyl (C=O) groups excluding carboxylic acids is 1. The molecule has 2 heterocycles. The molecular weight excluding hydrogens is 414 g/mol. The molecule has 2 saturated heterocycles. The normalized spacial score (nSPS) is 25.8. The number of rotatable bonds is 8. The molecule has 2 aliphatic heterocycles. The third kappa shape index (κ3) is 6.43. The zero-order valence-electron chi connectivity index (χ0n) is 19.0. The lowest BCUT2D eigenvalue weighted by atomic mass is 9.92. The molecule has 7 nitrogen and oxygen atoms in total. The maximum Gasteiger partial charge on any atom is 0.243 e. The Morgan fingerprint density at radius 1 is 1.13 bits per heavy atom. The minimum atomic E-state index is -3.61. The number of amides is 1. The summed E-state index contributed by atoms with van der Waals surface area (Å²) in [6, 6.07) is 6.40. The first kappa shape index (κ1) is 24.0. The smallest absolute Gasteiger partial charge is 0.243 e. The Kier molecular flexibility index (Phi) is 8.36. The maximum atomic E-state index is 13.0. The second-order valence-electron chi connectivity index (χ2n) is 9.23. The highest BCUT2D eigenvalue weighted by Gasteiger charge is 2.33. The number of hydrogen-bond acceptors (Lipinski definition) is 5. The summed E-state index contributed by atoms with van der Waals surface area (Å²) in [6.45, 7) is 9.21. The predicted octanol–water partition coefficient (Wildman–Crippen LogP) is 2.58. The molecule has 2 fully saturated rings. The van der Waals surface area contributed by atoms with Gasteiger partial charge in [0.2, 0.25) is 15.9 Å². The Balaban J connectivity index is 1.47. The van der Waals surface area contributed by atoms with Crippen LogP contribution in [0.5, 0.6) is 5.75 Å². The lowest BCUT2D eigenvalue weighted by molar-refractivity contribution is -0.126. The van der Waals surface area contributed by atoms with E-state index >= 15 is 0 Å². The summed E-state index contributed by atoms with van der Waals surface area (Å²) in [5.74, 6) is 1.76. The van der Waals surface area contributed by atoms with Crippen molar-refractivity contribution in [3.05, 3.63) is 24.3 Å². The summed E-state index contributed by atoms with van der Waals surface area (Å²) >= 11 is 0. The van der Waals surface area contributed by atoms with E-state index in [2.05, 4.69) is 24.1 Å². The number of hydrogen-bond donors (Lipinski definition) is 1. The van der Waals surface area contributed by atoms with Gasteiger partial charge in [-0.3, -0.25) is 4.79 Å². The fraction of sp³-hybridized carbons (Fsp3) is 0.696. The molecule has 0 radical (unpaired) electrons. The molecule has 0 aromatic heterocycles. The molecule has 3 rings (SSSR count). The van der Waals surface area contributed by atoms with Crippen LogP contribution < -0.4 is 10.1 Å². The summed E-state index contributed by atoms with van der Waals surface area (Å²) in [7, 11) is -2.07. The SMILES string of the molecule is COc1ccc(S(=O)(=O)N2CCCC(C(=O)NCCCN3CC(C)CC(C)C3)C2)cc1. The minimum absolute atomic E-state index is 0.0324. The zero-order chi connectivity index (χ0) is 22.4. The molecule has 0 bridgehead atoms. The predicted molar refractivity (Wildman–Crippen MR) is 121 cm³/mol. The maximum absolute atomic E-state index is 13.0. The number of ether oxygens (including phenoxy) is 1. The number of piperidine rings is 2. The average Bonchev–Trinajstić information content (AvgIpc) is 2.76. The van der Waals surface area contributed by atoms with Crippen LogP contribution in [0.25, 0.3) is 0 Å². The Labute approximate surface area is 187 Å². The van der Waals surface area contributed by atoms with Crippen LogP contribution in [0.3, 0.4) is 0 Å². The molecule has 1 aromatic carbocycles. The number of methoxy groups -OCH3 is 1. The van der Waals surface area contributed by atoms with E-state index in [0.29, 0.717) is 25.3 Å². The Morgan fingerprint density at radius 2 is 1.81 bits per heavy atom. The van der Waals surface area contributed by atoms with Gasteiger partial charge in [0.25, 0.3) is 0 Å². The van der Waals surface area contributed by atoms with Crippen LogP contribution in [0, 0.1) is 17.8 Å². The third-order valence-corrected chi connectivity index (χ3v) is 8.23. The van der Waals surface area contributed by atoms with E-state index in [4.69, 9.17) is 4.74 Å². The van der Waals surface area contributed by atoms with Crippen LogP contribution in [-0.4, -0.2) is 69.9 Å². The van der Waals surface area contributed by atoms with Crippen molar-refractivity contribution in [1.82, 2.24) is 14.5 Å². The van der Waals surface area contributed by atoms with Gasteiger partial charge in [-0.1, -0.05) is 13.8 Å². The fourth-order valence-corrected chi connectivity index (χ4v) is 6.43. The second-order valence-corrected chi connectivity index (χ2v) is 11.2. The molecule has 3 atom stereocenters. The average molecular weight is 452 g/mol. The van der Waals surface area contributed by atoms with Gasteiger partial charge in [0.05, 0.1) is 17.9 Å². The number of benzene rings is 1. The van der Waals surface area contributed by atoms with Crippen molar-refractivity contribution in [2.45, 2.75) is 44.4 Å². The Bertz CT molecular complexity index is 818. The highest BCUT2D eigenvalue weighted by molar-refractivity contribution is 7.89. The molecule has 0 aliphatic carbocycles. The van der Waals surface area contributed by atoms with Crippen molar-refractivity contribution in [3.8, 4) is 5.75 Å². The second kappa shape index (κ2) is 10.8. The van der Waals surface area contributed by atoms with Crippen molar-refractivity contribution in [1.29, 1.82) is 0 Å². The van der Waals surface area contributed by atoms with Crippen LogP contribution in [-0.2, 0) is 14.8 Å². The van der Waals surface area contributed by atoms with E-state index in [0.717, 1.165) is 44.3 Å². The van der Waals surface area contributed by atoms with Gasteiger partial charge in [-0.25, -0.2) is 8.42 Å². The fourth-order valence-electron chi connectivity index (χ4n) is 4.90. The quantitative estimate of drug-likeness (QED) is 0.615. The summed E-state index contributed by atoms with van der Waals surface area (Å²) in [4.78, 5) is 15.4. The summed E-state index contributed by atoms with van der Waals surface area (Å²) < 4.78 is 32.5. The van der Waals surface area contributed by atoms with Crippen molar-refractivity contribution < 1.29 is 17.9 Å². The number of carbonyl (C=O) groups is 1. The highest BCUT2D eigenvalue weighted by atomic mass is 32.2. The summed E-state index contributed by atoms with van der Waals surface area (Å²) in [6.07, 6.45) is 3.63. The van der Waals surface area contributed by atoms with E-state index in [9.17, 15) is 13.2 Å². The van der Waals surface area contributed by atoms with Gasteiger partial charge in [0.1, 0.15) is 5.75 Å². The molecule has 2 aliphatic rings. The van der Waals surface area contributed by atoms with Gasteiger partial charge in [-0.2, -0.15) is 4.31 Å². The molecule has 0 spiro atoms. The van der Waals surface area contributed by atoms with Crippen LogP contribution >= 0.6 is 0 Å². The Morgan fingerprint density at radius 3 is 2.45 bits per heavy atom. The zero-order valence-corrected chi connectivity index (χ0v) is 19.9. The van der Waals surface area contributed by atoms with Gasteiger partial charge < -0.3 is 15.0 Å². The van der Waals surface area contributed by atoms with Crippen LogP contribution in [0.15, 0.2) is 29.2 Å². The van der Waals surface area contributed by atoms with Crippen LogP contribution in [0.4, 0.5) is 0 Å². The molecule has 1 aromatic rings. The number of nitrogens with one attached hydrogen (secondary N) is 1. The van der Waals surface area contributed by atoms with Gasteiger partial charge in [-0.05, 0) is 68.3 Å². The highest BCUT2D eigenvalue weighted by Crippen LogP contribution is 2.25. The number of nitrogens with zero attached hydrogens (tertiary/aromatic N) is 2. The number of likely N-dealkylation sites (tertiary alicyclic amines) is 1. The molecule has 31 heavy (non-hydrogen) atoms. The largest absolute Gasteiger partial charge is 0.497 e. The lowest BCUT2D eigenvalue weighted by Gasteiger charge is -2.35. The lowest BCUT2D eigenvalue weighted by Crippen LogP contribution is -2.46.